The Morgan fingerprint density at radius 2 is 1.47 bits per heavy atom. The molecule has 0 aliphatic heterocycles. The second-order valence-corrected chi connectivity index (χ2v) is 4.41. The summed E-state index contributed by atoms with van der Waals surface area (Å²) < 4.78 is 0. The maximum Gasteiger partial charge on any atom is 0.189 e. The molecule has 0 aromatic rings. The summed E-state index contributed by atoms with van der Waals surface area (Å²) in [4.78, 5) is 3.50. The van der Waals surface area contributed by atoms with E-state index in [-0.39, 0.29) is 0 Å². The minimum absolute atomic E-state index is 0.533. The highest BCUT2D eigenvalue weighted by Crippen LogP contribution is 1.80. The number of nitrogens with zero attached hydrogens (tertiary/aromatic N) is 4. The van der Waals surface area contributed by atoms with Crippen molar-refractivity contribution in [2.45, 2.75) is 6.92 Å². The van der Waals surface area contributed by atoms with Crippen LogP contribution in [0.3, 0.4) is 0 Å². The van der Waals surface area contributed by atoms with E-state index in [1.807, 2.05) is 28.2 Å². The summed E-state index contributed by atoms with van der Waals surface area (Å²) in [6.07, 6.45) is 1.56. The van der Waals surface area contributed by atoms with E-state index >= 15 is 0 Å². The Morgan fingerprint density at radius 3 is 1.94 bits per heavy atom. The average molecular weight is 274 g/mol. The van der Waals surface area contributed by atoms with Crippen LogP contribution >= 0.6 is 24.4 Å². The van der Waals surface area contributed by atoms with E-state index in [0.29, 0.717) is 15.9 Å². The molecule has 0 spiro atoms. The normalized spacial score (nSPS) is 11.2. The van der Waals surface area contributed by atoms with E-state index in [4.69, 9.17) is 24.4 Å². The maximum atomic E-state index is 5.00. The lowest BCUT2D eigenvalue weighted by Gasteiger charge is -2.12. The zero-order valence-corrected chi connectivity index (χ0v) is 12.3. The van der Waals surface area contributed by atoms with E-state index in [0.717, 1.165) is 0 Å². The summed E-state index contributed by atoms with van der Waals surface area (Å²) in [5, 5.41) is 9.02. The molecule has 0 atom stereocenters. The third-order valence-electron chi connectivity index (χ3n) is 1.55. The Labute approximate surface area is 113 Å². The fourth-order valence-electron chi connectivity index (χ4n) is 0.546. The van der Waals surface area contributed by atoms with E-state index < -0.39 is 0 Å². The van der Waals surface area contributed by atoms with Gasteiger partial charge in [0.1, 0.15) is 0 Å². The number of hydrogen-bond acceptors (Lipinski definition) is 4. The largest absolute Gasteiger partial charge is 0.354 e. The summed E-state index contributed by atoms with van der Waals surface area (Å²) in [5.74, 6) is 0. The number of hydrogen-bond donors (Lipinski definition) is 2. The van der Waals surface area contributed by atoms with Crippen molar-refractivity contribution in [2.75, 3.05) is 28.2 Å². The highest BCUT2D eigenvalue weighted by Gasteiger charge is 1.96. The van der Waals surface area contributed by atoms with Crippen LogP contribution in [-0.2, 0) is 0 Å². The molecule has 96 valence electrons. The first kappa shape index (κ1) is 15.7. The zero-order valence-electron chi connectivity index (χ0n) is 10.7. The van der Waals surface area contributed by atoms with Gasteiger partial charge in [-0.05, 0) is 31.4 Å². The first-order chi connectivity index (χ1) is 7.84. The van der Waals surface area contributed by atoms with Crippen molar-refractivity contribution in [3.8, 4) is 0 Å². The fraction of sp³-hybridized carbons (Fsp3) is 0.556. The summed E-state index contributed by atoms with van der Waals surface area (Å²) in [7, 11) is 7.35. The van der Waals surface area contributed by atoms with Gasteiger partial charge in [-0.15, -0.1) is 0 Å². The lowest BCUT2D eigenvalue weighted by Crippen LogP contribution is -2.32. The highest BCUT2D eigenvalue weighted by atomic mass is 32.1. The molecule has 8 heteroatoms. The van der Waals surface area contributed by atoms with Crippen LogP contribution in [0.4, 0.5) is 0 Å². The smallest absolute Gasteiger partial charge is 0.189 e. The number of nitrogens with one attached hydrogen (secondary N) is 2. The number of thiocarbonyl (C=S) groups is 2. The molecule has 17 heavy (non-hydrogen) atoms. The molecule has 0 radical (unpaired) electrons. The van der Waals surface area contributed by atoms with E-state index in [9.17, 15) is 0 Å². The van der Waals surface area contributed by atoms with Crippen molar-refractivity contribution in [3.05, 3.63) is 0 Å². The van der Waals surface area contributed by atoms with Gasteiger partial charge in [-0.1, -0.05) is 0 Å². The van der Waals surface area contributed by atoms with Gasteiger partial charge >= 0.3 is 0 Å². The van der Waals surface area contributed by atoms with E-state index in [1.54, 1.807) is 22.9 Å². The van der Waals surface area contributed by atoms with Crippen LogP contribution in [0.25, 0.3) is 0 Å². The van der Waals surface area contributed by atoms with Gasteiger partial charge in [-0.3, -0.25) is 10.9 Å². The van der Waals surface area contributed by atoms with Crippen molar-refractivity contribution >= 4 is 46.6 Å². The standard InChI is InChI=1S/C9H18N6S2/c1-7(11-13-9(17)15(4)5)6-10-12-8(16)14(2)3/h6H,1-5H3,(H,12,16)(H,13,17)/b10-6+,11-7-. The highest BCUT2D eigenvalue weighted by molar-refractivity contribution is 7.80. The third-order valence-corrected chi connectivity index (χ3v) is 2.46. The third kappa shape index (κ3) is 7.58. The lowest BCUT2D eigenvalue weighted by atomic mass is 10.5. The van der Waals surface area contributed by atoms with Crippen LogP contribution in [0.5, 0.6) is 0 Å². The summed E-state index contributed by atoms with van der Waals surface area (Å²) >= 11 is 9.99. The summed E-state index contributed by atoms with van der Waals surface area (Å²) in [6, 6.07) is 0. The minimum Gasteiger partial charge on any atom is -0.354 e. The molecule has 2 N–H and O–H groups in total. The Balaban J connectivity index is 4.12. The predicted molar refractivity (Wildman–Crippen MR) is 80.4 cm³/mol. The van der Waals surface area contributed by atoms with Crippen molar-refractivity contribution in [3.63, 3.8) is 0 Å². The van der Waals surface area contributed by atoms with Crippen LogP contribution in [0, 0.1) is 0 Å². The molecule has 0 amide bonds. The molecule has 0 aliphatic carbocycles. The van der Waals surface area contributed by atoms with Gasteiger partial charge in [0.05, 0.1) is 11.9 Å². The molecular weight excluding hydrogens is 256 g/mol. The zero-order chi connectivity index (χ0) is 13.4. The van der Waals surface area contributed by atoms with Gasteiger partial charge in [-0.2, -0.15) is 10.2 Å². The van der Waals surface area contributed by atoms with E-state index in [1.165, 1.54) is 0 Å². The summed E-state index contributed by atoms with van der Waals surface area (Å²) in [5.41, 5.74) is 6.11. The van der Waals surface area contributed by atoms with Gasteiger partial charge < -0.3 is 9.80 Å². The van der Waals surface area contributed by atoms with Crippen molar-refractivity contribution in [1.29, 1.82) is 0 Å². The molecule has 6 nitrogen and oxygen atoms in total. The van der Waals surface area contributed by atoms with Gasteiger partial charge in [0.25, 0.3) is 0 Å². The van der Waals surface area contributed by atoms with Gasteiger partial charge in [0, 0.05) is 28.2 Å². The molecule has 0 bridgehead atoms. The van der Waals surface area contributed by atoms with Crippen LogP contribution in [0.2, 0.25) is 0 Å². The molecule has 0 fully saturated rings. The van der Waals surface area contributed by atoms with E-state index in [2.05, 4.69) is 21.1 Å². The van der Waals surface area contributed by atoms with Gasteiger partial charge in [-0.25, -0.2) is 0 Å². The molecule has 0 saturated carbocycles. The summed E-state index contributed by atoms with van der Waals surface area (Å²) in [6.45, 7) is 1.80. The monoisotopic (exact) mass is 274 g/mol. The minimum atomic E-state index is 0.533. The van der Waals surface area contributed by atoms with Crippen molar-refractivity contribution < 1.29 is 0 Å². The molecule has 0 unspecified atom stereocenters. The molecule has 0 aliphatic rings. The molecule has 0 aromatic carbocycles. The molecule has 0 heterocycles. The fourth-order valence-corrected chi connectivity index (χ4v) is 0.644. The Bertz CT molecular complexity index is 334. The van der Waals surface area contributed by atoms with Crippen LogP contribution in [0.15, 0.2) is 10.2 Å². The molecular formula is C9H18N6S2. The van der Waals surface area contributed by atoms with Gasteiger partial charge in [0.15, 0.2) is 10.2 Å². The van der Waals surface area contributed by atoms with Gasteiger partial charge in [0.2, 0.25) is 0 Å². The van der Waals surface area contributed by atoms with Crippen molar-refractivity contribution in [1.82, 2.24) is 20.7 Å². The predicted octanol–water partition coefficient (Wildman–Crippen LogP) is 0.220. The Morgan fingerprint density at radius 1 is 1.00 bits per heavy atom. The quantitative estimate of drug-likeness (QED) is 0.436. The second-order valence-electron chi connectivity index (χ2n) is 3.63. The topological polar surface area (TPSA) is 55.3 Å². The SMILES string of the molecule is CC(/C=N/NC(=S)N(C)C)=N/NC(=S)N(C)C. The average Bonchev–Trinajstić information content (AvgIpc) is 2.25. The van der Waals surface area contributed by atoms with Crippen LogP contribution < -0.4 is 10.9 Å². The second kappa shape index (κ2) is 7.91. The molecule has 0 rings (SSSR count). The maximum absolute atomic E-state index is 5.00. The molecule has 0 aromatic heterocycles. The first-order valence-corrected chi connectivity index (χ1v) is 5.68. The lowest BCUT2D eigenvalue weighted by molar-refractivity contribution is 0.605. The Hall–Kier alpha value is -1.28. The number of hydrazone groups is 2. The molecule has 0 saturated heterocycles. The Kier molecular flexibility index (Phi) is 7.31. The van der Waals surface area contributed by atoms with Crippen LogP contribution in [0.1, 0.15) is 6.92 Å². The van der Waals surface area contributed by atoms with Crippen molar-refractivity contribution in [2.24, 2.45) is 10.2 Å². The first-order valence-electron chi connectivity index (χ1n) is 4.86. The number of rotatable bonds is 3. The van der Waals surface area contributed by atoms with Crippen LogP contribution in [-0.4, -0.2) is 60.1 Å².